The van der Waals surface area contributed by atoms with Crippen LogP contribution in [0.2, 0.25) is 0 Å². The molecule has 1 N–H and O–H groups in total. The van der Waals surface area contributed by atoms with Crippen LogP contribution in [0.5, 0.6) is 0 Å². The van der Waals surface area contributed by atoms with Crippen LogP contribution in [0.3, 0.4) is 0 Å². The molecule has 0 aliphatic heterocycles. The fraction of sp³-hybridized carbons (Fsp3) is 0.600. The highest BCUT2D eigenvalue weighted by Gasteiger charge is 2.16. The van der Waals surface area contributed by atoms with Gasteiger partial charge in [-0.1, -0.05) is 200 Å². The summed E-state index contributed by atoms with van der Waals surface area (Å²) in [7, 11) is 0. The summed E-state index contributed by atoms with van der Waals surface area (Å²) < 4.78 is 10.6. The fourth-order valence-electron chi connectivity index (χ4n) is 6.19. The topological polar surface area (TPSA) is 72.8 Å². The van der Waals surface area contributed by atoms with Crippen molar-refractivity contribution < 1.29 is 24.2 Å². The quantitative estimate of drug-likeness (QED) is 0.0377. The highest BCUT2D eigenvalue weighted by molar-refractivity contribution is 5.70. The number of carbonyl (C=O) groups is 2. The number of rotatable bonds is 42. The van der Waals surface area contributed by atoms with Gasteiger partial charge in [0.2, 0.25) is 0 Å². The van der Waals surface area contributed by atoms with Crippen LogP contribution in [0, 0.1) is 0 Å². The molecule has 338 valence electrons. The molecule has 5 nitrogen and oxygen atoms in total. The molecule has 0 fully saturated rings. The fourth-order valence-corrected chi connectivity index (χ4v) is 6.19. The molecule has 0 radical (unpaired) electrons. The summed E-state index contributed by atoms with van der Waals surface area (Å²) in [5.41, 5.74) is 0. The van der Waals surface area contributed by atoms with Crippen LogP contribution in [0.1, 0.15) is 194 Å². The SMILES string of the molecule is CC/C=C\C/C=C\C/C=C\C/C=C\C/C=C\C/C=C\CCCCCCCCCCCCCCC(=O)OC(CO)COC(=O)CCCC/C=C\C/C=C\C/C=C\C/C=C\CC. The lowest BCUT2D eigenvalue weighted by Gasteiger charge is -2.15. The van der Waals surface area contributed by atoms with Gasteiger partial charge in [0.05, 0.1) is 6.61 Å². The van der Waals surface area contributed by atoms with Gasteiger partial charge in [-0.05, 0) is 103 Å². The Morgan fingerprint density at radius 1 is 0.383 bits per heavy atom. The summed E-state index contributed by atoms with van der Waals surface area (Å²) in [5.74, 6) is -0.650. The van der Waals surface area contributed by atoms with Crippen molar-refractivity contribution in [3.8, 4) is 0 Å². The number of unbranched alkanes of at least 4 members (excludes halogenated alkanes) is 14. The summed E-state index contributed by atoms with van der Waals surface area (Å²) in [5, 5.41) is 9.60. The molecule has 0 saturated heterocycles. The van der Waals surface area contributed by atoms with Crippen molar-refractivity contribution >= 4 is 11.9 Å². The zero-order chi connectivity index (χ0) is 43.5. The molecule has 0 bridgehead atoms. The van der Waals surface area contributed by atoms with E-state index in [2.05, 4.69) is 135 Å². The van der Waals surface area contributed by atoms with Gasteiger partial charge in [-0.2, -0.15) is 0 Å². The standard InChI is InChI=1S/C55H88O5/c1-3-5-7-9-11-13-15-17-19-20-21-22-23-24-25-26-27-28-29-30-31-32-33-34-36-38-40-42-44-46-48-50-55(58)60-53(51-56)52-59-54(57)49-47-45-43-41-39-37-35-18-16-14-12-10-8-6-4-2/h5-8,11-14,17-19,21-22,24-25,27-28,35,39,41,53,56H,3-4,9-10,15-16,20,23,26,29-34,36-38,40,42-52H2,1-2H3/b7-5-,8-6-,13-11-,14-12-,19-17-,22-21-,25-24-,28-27-,35-18-,41-39-. The molecule has 0 spiro atoms. The van der Waals surface area contributed by atoms with Crippen LogP contribution in [0.4, 0.5) is 0 Å². The van der Waals surface area contributed by atoms with Crippen LogP contribution in [-0.4, -0.2) is 36.4 Å². The Balaban J connectivity index is 3.59. The minimum absolute atomic E-state index is 0.0950. The van der Waals surface area contributed by atoms with E-state index in [4.69, 9.17) is 9.47 Å². The van der Waals surface area contributed by atoms with Gasteiger partial charge in [0, 0.05) is 12.8 Å². The summed E-state index contributed by atoms with van der Waals surface area (Å²) in [6.07, 6.45) is 72.9. The molecule has 0 amide bonds. The maximum Gasteiger partial charge on any atom is 0.306 e. The zero-order valence-electron chi connectivity index (χ0n) is 38.4. The third-order valence-corrected chi connectivity index (χ3v) is 9.75. The first-order valence-electron chi connectivity index (χ1n) is 24.1. The van der Waals surface area contributed by atoms with Gasteiger partial charge >= 0.3 is 11.9 Å². The van der Waals surface area contributed by atoms with Crippen LogP contribution >= 0.6 is 0 Å². The molecule has 1 unspecified atom stereocenters. The third kappa shape index (κ3) is 47.0. The third-order valence-electron chi connectivity index (χ3n) is 9.75. The highest BCUT2D eigenvalue weighted by Crippen LogP contribution is 2.14. The summed E-state index contributed by atoms with van der Waals surface area (Å²) in [6.45, 7) is 3.86. The van der Waals surface area contributed by atoms with Gasteiger partial charge in [-0.15, -0.1) is 0 Å². The molecular formula is C55H88O5. The largest absolute Gasteiger partial charge is 0.462 e. The molecule has 0 aromatic carbocycles. The zero-order valence-corrected chi connectivity index (χ0v) is 38.4. The Kier molecular flexibility index (Phi) is 46.6. The number of aliphatic hydroxyl groups is 1. The molecule has 0 aliphatic carbocycles. The molecule has 0 aliphatic rings. The van der Waals surface area contributed by atoms with E-state index in [1.165, 1.54) is 64.2 Å². The van der Waals surface area contributed by atoms with Crippen LogP contribution in [-0.2, 0) is 19.1 Å². The van der Waals surface area contributed by atoms with Gasteiger partial charge in [-0.25, -0.2) is 0 Å². The Bertz CT molecular complexity index is 1260. The minimum atomic E-state index is -0.798. The Morgan fingerprint density at radius 2 is 0.667 bits per heavy atom. The van der Waals surface area contributed by atoms with E-state index in [1.807, 2.05) is 0 Å². The van der Waals surface area contributed by atoms with E-state index < -0.39 is 6.10 Å². The van der Waals surface area contributed by atoms with E-state index >= 15 is 0 Å². The first kappa shape index (κ1) is 56.3. The van der Waals surface area contributed by atoms with Crippen molar-refractivity contribution in [3.05, 3.63) is 122 Å². The van der Waals surface area contributed by atoms with Crippen LogP contribution in [0.15, 0.2) is 122 Å². The molecule has 5 heteroatoms. The molecule has 0 rings (SSSR count). The van der Waals surface area contributed by atoms with E-state index in [0.717, 1.165) is 103 Å². The predicted molar refractivity (Wildman–Crippen MR) is 260 cm³/mol. The number of ether oxygens (including phenoxy) is 2. The molecule has 0 heterocycles. The number of esters is 2. The maximum atomic E-state index is 12.2. The summed E-state index contributed by atoms with van der Waals surface area (Å²) in [6, 6.07) is 0. The van der Waals surface area contributed by atoms with E-state index in [1.54, 1.807) is 0 Å². The first-order valence-corrected chi connectivity index (χ1v) is 24.1. The average molecular weight is 829 g/mol. The number of hydrogen-bond donors (Lipinski definition) is 1. The van der Waals surface area contributed by atoms with Crippen LogP contribution in [0.25, 0.3) is 0 Å². The van der Waals surface area contributed by atoms with Crippen molar-refractivity contribution in [3.63, 3.8) is 0 Å². The van der Waals surface area contributed by atoms with Gasteiger partial charge < -0.3 is 14.6 Å². The monoisotopic (exact) mass is 829 g/mol. The molecule has 60 heavy (non-hydrogen) atoms. The van der Waals surface area contributed by atoms with Gasteiger partial charge in [0.1, 0.15) is 6.61 Å². The molecule has 0 saturated carbocycles. The average Bonchev–Trinajstić information content (AvgIpc) is 3.25. The van der Waals surface area contributed by atoms with Crippen molar-refractivity contribution in [1.82, 2.24) is 0 Å². The summed E-state index contributed by atoms with van der Waals surface area (Å²) >= 11 is 0. The normalized spacial score (nSPS) is 13.3. The number of carbonyl (C=O) groups excluding carboxylic acids is 2. The Labute approximate surface area is 369 Å². The van der Waals surface area contributed by atoms with Gasteiger partial charge in [0.15, 0.2) is 6.10 Å². The van der Waals surface area contributed by atoms with Crippen molar-refractivity contribution in [2.75, 3.05) is 13.2 Å². The highest BCUT2D eigenvalue weighted by atomic mass is 16.6. The predicted octanol–water partition coefficient (Wildman–Crippen LogP) is 16.0. The van der Waals surface area contributed by atoms with Crippen molar-refractivity contribution in [1.29, 1.82) is 0 Å². The Morgan fingerprint density at radius 3 is 1.03 bits per heavy atom. The second kappa shape index (κ2) is 49.7. The van der Waals surface area contributed by atoms with Crippen molar-refractivity contribution in [2.45, 2.75) is 200 Å². The van der Waals surface area contributed by atoms with E-state index in [9.17, 15) is 14.7 Å². The van der Waals surface area contributed by atoms with Gasteiger partial charge in [0.25, 0.3) is 0 Å². The number of hydrogen-bond acceptors (Lipinski definition) is 5. The number of allylic oxidation sites excluding steroid dienone is 20. The van der Waals surface area contributed by atoms with Crippen molar-refractivity contribution in [2.24, 2.45) is 0 Å². The smallest absolute Gasteiger partial charge is 0.306 e. The minimum Gasteiger partial charge on any atom is -0.462 e. The molecule has 1 atom stereocenters. The van der Waals surface area contributed by atoms with E-state index in [0.29, 0.717) is 12.8 Å². The molecule has 0 aromatic rings. The van der Waals surface area contributed by atoms with Gasteiger partial charge in [-0.3, -0.25) is 9.59 Å². The van der Waals surface area contributed by atoms with Crippen LogP contribution < -0.4 is 0 Å². The first-order chi connectivity index (χ1) is 29.6. The summed E-state index contributed by atoms with van der Waals surface area (Å²) in [4.78, 5) is 24.4. The molecule has 0 aromatic heterocycles. The maximum absolute atomic E-state index is 12.2. The lowest BCUT2D eigenvalue weighted by atomic mass is 10.0. The second-order valence-corrected chi connectivity index (χ2v) is 15.4. The lowest BCUT2D eigenvalue weighted by molar-refractivity contribution is -0.161. The van der Waals surface area contributed by atoms with E-state index in [-0.39, 0.29) is 25.2 Å². The second-order valence-electron chi connectivity index (χ2n) is 15.4. The molecular weight excluding hydrogens is 741 g/mol. The number of aliphatic hydroxyl groups excluding tert-OH is 1. The lowest BCUT2D eigenvalue weighted by Crippen LogP contribution is -2.28. The Hall–Kier alpha value is -3.70.